The van der Waals surface area contributed by atoms with Gasteiger partial charge < -0.3 is 14.5 Å². The summed E-state index contributed by atoms with van der Waals surface area (Å²) in [7, 11) is 1.69. The van der Waals surface area contributed by atoms with Gasteiger partial charge in [0.15, 0.2) is 0 Å². The van der Waals surface area contributed by atoms with Crippen LogP contribution in [0.15, 0.2) is 48.5 Å². The van der Waals surface area contributed by atoms with Crippen LogP contribution in [-0.4, -0.2) is 44.1 Å². The molecule has 5 heteroatoms. The molecule has 0 bridgehead atoms. The smallest absolute Gasteiger partial charge is 0.223 e. The molecule has 0 unspecified atom stereocenters. The normalized spacial score (nSPS) is 14.5. The van der Waals surface area contributed by atoms with Gasteiger partial charge in [-0.15, -0.1) is 0 Å². The fourth-order valence-electron chi connectivity index (χ4n) is 3.19. The maximum atomic E-state index is 12.5. The van der Waals surface area contributed by atoms with Gasteiger partial charge in [-0.05, 0) is 30.2 Å². The first-order chi connectivity index (χ1) is 12.2. The second-order valence-electron chi connectivity index (χ2n) is 6.13. The third kappa shape index (κ3) is 4.26. The molecule has 1 amide bonds. The predicted octanol–water partition coefficient (Wildman–Crippen LogP) is 3.63. The van der Waals surface area contributed by atoms with Crippen molar-refractivity contribution in [2.75, 3.05) is 38.2 Å². The van der Waals surface area contributed by atoms with E-state index in [4.69, 9.17) is 16.3 Å². The number of carbonyl (C=O) groups excluding carboxylic acids is 1. The third-order valence-electron chi connectivity index (χ3n) is 4.62. The Balaban J connectivity index is 1.53. The largest absolute Gasteiger partial charge is 0.495 e. The van der Waals surface area contributed by atoms with E-state index < -0.39 is 0 Å². The highest BCUT2D eigenvalue weighted by atomic mass is 35.5. The second kappa shape index (κ2) is 8.26. The summed E-state index contributed by atoms with van der Waals surface area (Å²) < 4.78 is 5.44. The molecule has 1 fully saturated rings. The lowest BCUT2D eigenvalue weighted by molar-refractivity contribution is -0.131. The van der Waals surface area contributed by atoms with E-state index in [-0.39, 0.29) is 5.91 Å². The number of methoxy groups -OCH3 is 1. The number of ether oxygens (including phenoxy) is 1. The molecule has 1 aliphatic rings. The SMILES string of the molecule is COc1ccccc1N1CCN(C(=O)CCc2ccccc2Cl)CC1. The van der Waals surface area contributed by atoms with Crippen LogP contribution in [0.25, 0.3) is 0 Å². The molecule has 0 spiro atoms. The minimum Gasteiger partial charge on any atom is -0.495 e. The zero-order valence-electron chi connectivity index (χ0n) is 14.5. The van der Waals surface area contributed by atoms with Crippen molar-refractivity contribution in [3.63, 3.8) is 0 Å². The Morgan fingerprint density at radius 2 is 1.72 bits per heavy atom. The van der Waals surface area contributed by atoms with E-state index in [2.05, 4.69) is 11.0 Å². The van der Waals surface area contributed by atoms with Crippen molar-refractivity contribution in [2.45, 2.75) is 12.8 Å². The molecule has 1 heterocycles. The van der Waals surface area contributed by atoms with E-state index in [0.29, 0.717) is 12.8 Å². The quantitative estimate of drug-likeness (QED) is 0.818. The molecule has 1 saturated heterocycles. The number of piperazine rings is 1. The molecule has 4 nitrogen and oxygen atoms in total. The number of hydrogen-bond acceptors (Lipinski definition) is 3. The Labute approximate surface area is 154 Å². The van der Waals surface area contributed by atoms with Gasteiger partial charge in [-0.2, -0.15) is 0 Å². The van der Waals surface area contributed by atoms with Crippen molar-refractivity contribution < 1.29 is 9.53 Å². The van der Waals surface area contributed by atoms with E-state index in [0.717, 1.165) is 48.2 Å². The zero-order valence-corrected chi connectivity index (χ0v) is 15.2. The van der Waals surface area contributed by atoms with Gasteiger partial charge in [0.25, 0.3) is 0 Å². The predicted molar refractivity (Wildman–Crippen MR) is 102 cm³/mol. The van der Waals surface area contributed by atoms with E-state index in [1.54, 1.807) is 7.11 Å². The number of anilines is 1. The maximum Gasteiger partial charge on any atom is 0.223 e. The number of halogens is 1. The van der Waals surface area contributed by atoms with Gasteiger partial charge in [-0.1, -0.05) is 41.9 Å². The Morgan fingerprint density at radius 1 is 1.04 bits per heavy atom. The Bertz CT molecular complexity index is 727. The van der Waals surface area contributed by atoms with Gasteiger partial charge in [0, 0.05) is 37.6 Å². The van der Waals surface area contributed by atoms with Crippen LogP contribution in [-0.2, 0) is 11.2 Å². The minimum atomic E-state index is 0.194. The molecule has 0 aliphatic carbocycles. The average Bonchev–Trinajstić information content (AvgIpc) is 2.67. The number of hydrogen-bond donors (Lipinski definition) is 0. The summed E-state index contributed by atoms with van der Waals surface area (Å²) in [5.74, 6) is 1.07. The van der Waals surface area contributed by atoms with Crippen molar-refractivity contribution in [3.05, 3.63) is 59.1 Å². The molecule has 132 valence electrons. The number of nitrogens with zero attached hydrogens (tertiary/aromatic N) is 2. The van der Waals surface area contributed by atoms with Crippen LogP contribution >= 0.6 is 11.6 Å². The molecule has 25 heavy (non-hydrogen) atoms. The zero-order chi connectivity index (χ0) is 17.6. The molecular weight excluding hydrogens is 336 g/mol. The molecule has 3 rings (SSSR count). The lowest BCUT2D eigenvalue weighted by atomic mass is 10.1. The highest BCUT2D eigenvalue weighted by Gasteiger charge is 2.22. The Hall–Kier alpha value is -2.20. The van der Waals surface area contributed by atoms with Crippen molar-refractivity contribution in [3.8, 4) is 5.75 Å². The number of para-hydroxylation sites is 2. The lowest BCUT2D eigenvalue weighted by Gasteiger charge is -2.36. The molecule has 1 aliphatic heterocycles. The number of aryl methyl sites for hydroxylation is 1. The molecule has 2 aromatic carbocycles. The molecular formula is C20H23ClN2O2. The molecule has 2 aromatic rings. The summed E-state index contributed by atoms with van der Waals surface area (Å²) in [6, 6.07) is 15.7. The van der Waals surface area contributed by atoms with Crippen LogP contribution in [0.1, 0.15) is 12.0 Å². The van der Waals surface area contributed by atoms with Crippen LogP contribution in [0.2, 0.25) is 5.02 Å². The summed E-state index contributed by atoms with van der Waals surface area (Å²) in [4.78, 5) is 16.7. The summed E-state index contributed by atoms with van der Waals surface area (Å²) in [5, 5.41) is 0.733. The minimum absolute atomic E-state index is 0.194. The van der Waals surface area contributed by atoms with Crippen LogP contribution in [0.4, 0.5) is 5.69 Å². The van der Waals surface area contributed by atoms with E-state index in [1.807, 2.05) is 47.4 Å². The van der Waals surface area contributed by atoms with E-state index in [1.165, 1.54) is 0 Å². The molecule has 0 aromatic heterocycles. The fraction of sp³-hybridized carbons (Fsp3) is 0.350. The van der Waals surface area contributed by atoms with Crippen LogP contribution in [0.5, 0.6) is 5.75 Å². The number of carbonyl (C=O) groups is 1. The van der Waals surface area contributed by atoms with Gasteiger partial charge in [0.05, 0.1) is 12.8 Å². The van der Waals surface area contributed by atoms with Crippen LogP contribution in [0, 0.1) is 0 Å². The summed E-state index contributed by atoms with van der Waals surface area (Å²) in [6.45, 7) is 3.11. The first kappa shape index (κ1) is 17.6. The van der Waals surface area contributed by atoms with Crippen LogP contribution < -0.4 is 9.64 Å². The van der Waals surface area contributed by atoms with Gasteiger partial charge >= 0.3 is 0 Å². The second-order valence-corrected chi connectivity index (χ2v) is 6.54. The number of amides is 1. The lowest BCUT2D eigenvalue weighted by Crippen LogP contribution is -2.48. The van der Waals surface area contributed by atoms with E-state index in [9.17, 15) is 4.79 Å². The Morgan fingerprint density at radius 3 is 2.44 bits per heavy atom. The highest BCUT2D eigenvalue weighted by molar-refractivity contribution is 6.31. The van der Waals surface area contributed by atoms with Gasteiger partial charge in [-0.25, -0.2) is 0 Å². The van der Waals surface area contributed by atoms with E-state index >= 15 is 0 Å². The molecule has 0 saturated carbocycles. The monoisotopic (exact) mass is 358 g/mol. The first-order valence-electron chi connectivity index (χ1n) is 8.58. The van der Waals surface area contributed by atoms with Gasteiger partial charge in [0.1, 0.15) is 5.75 Å². The number of benzene rings is 2. The summed E-state index contributed by atoms with van der Waals surface area (Å²) in [6.07, 6.45) is 1.18. The molecule has 0 atom stereocenters. The summed E-state index contributed by atoms with van der Waals surface area (Å²) in [5.41, 5.74) is 2.12. The Kier molecular flexibility index (Phi) is 5.82. The summed E-state index contributed by atoms with van der Waals surface area (Å²) >= 11 is 6.17. The van der Waals surface area contributed by atoms with Crippen molar-refractivity contribution in [2.24, 2.45) is 0 Å². The van der Waals surface area contributed by atoms with Crippen molar-refractivity contribution in [1.29, 1.82) is 0 Å². The standard InChI is InChI=1S/C20H23ClN2O2/c1-25-19-9-5-4-8-18(19)22-12-14-23(15-13-22)20(24)11-10-16-6-2-3-7-17(16)21/h2-9H,10-15H2,1H3. The number of rotatable bonds is 5. The van der Waals surface area contributed by atoms with Crippen molar-refractivity contribution >= 4 is 23.2 Å². The first-order valence-corrected chi connectivity index (χ1v) is 8.96. The van der Waals surface area contributed by atoms with Gasteiger partial charge in [-0.3, -0.25) is 4.79 Å². The topological polar surface area (TPSA) is 32.8 Å². The third-order valence-corrected chi connectivity index (χ3v) is 4.99. The van der Waals surface area contributed by atoms with Crippen molar-refractivity contribution in [1.82, 2.24) is 4.90 Å². The van der Waals surface area contributed by atoms with Gasteiger partial charge in [0.2, 0.25) is 5.91 Å². The molecule has 0 N–H and O–H groups in total. The maximum absolute atomic E-state index is 12.5. The highest BCUT2D eigenvalue weighted by Crippen LogP contribution is 2.28. The molecule has 0 radical (unpaired) electrons. The fourth-order valence-corrected chi connectivity index (χ4v) is 3.42. The average molecular weight is 359 g/mol. The van der Waals surface area contributed by atoms with Crippen LogP contribution in [0.3, 0.4) is 0 Å².